The van der Waals surface area contributed by atoms with E-state index in [1.54, 1.807) is 29.3 Å². The molecule has 2 atom stereocenters. The zero-order chi connectivity index (χ0) is 25.9. The normalized spacial score (nSPS) is 16.5. The maximum absolute atomic E-state index is 12.7. The number of nitriles is 1. The Hall–Kier alpha value is -4.05. The number of H-pyrrole nitrogens is 1. The van der Waals surface area contributed by atoms with Gasteiger partial charge in [-0.1, -0.05) is 18.2 Å². The van der Waals surface area contributed by atoms with Gasteiger partial charge in [-0.15, -0.1) is 0 Å². The molecule has 1 saturated heterocycles. The summed E-state index contributed by atoms with van der Waals surface area (Å²) in [5.41, 5.74) is 2.95. The molecule has 0 bridgehead atoms. The summed E-state index contributed by atoms with van der Waals surface area (Å²) in [4.78, 5) is 33.4. The standard InChI is InChI=1S/C28H29N3O5/c1-28(2,3)36-31-12-11-26(25(31)17-32)35-22-9-7-19(8-10-22)23(27(33)34-4)15-21-14-20-6-5-18(16-29)13-24(20)30-21/h5-10,13-14,23,26,30H,11-12,15H2,1-4H3/t23?,26-/m0/s1. The van der Waals surface area contributed by atoms with E-state index >= 15 is 0 Å². The molecule has 1 aliphatic heterocycles. The molecule has 8 heteroatoms. The minimum absolute atomic E-state index is 0.333. The number of hydroxylamine groups is 2. The Morgan fingerprint density at radius 1 is 1.19 bits per heavy atom. The van der Waals surface area contributed by atoms with E-state index in [1.807, 2.05) is 51.0 Å². The molecule has 36 heavy (non-hydrogen) atoms. The maximum Gasteiger partial charge on any atom is 0.313 e. The number of ether oxygens (including phenoxy) is 2. The van der Waals surface area contributed by atoms with Crippen LogP contribution in [0.1, 0.15) is 49.9 Å². The van der Waals surface area contributed by atoms with Crippen LogP contribution in [-0.4, -0.2) is 47.3 Å². The van der Waals surface area contributed by atoms with Crippen molar-refractivity contribution in [2.45, 2.75) is 51.2 Å². The number of fused-ring (bicyclic) bond motifs is 1. The molecule has 3 aromatic rings. The highest BCUT2D eigenvalue weighted by Crippen LogP contribution is 2.30. The lowest BCUT2D eigenvalue weighted by Crippen LogP contribution is -2.32. The fourth-order valence-corrected chi connectivity index (χ4v) is 4.32. The first kappa shape index (κ1) is 25.1. The van der Waals surface area contributed by atoms with Gasteiger partial charge >= 0.3 is 5.97 Å². The monoisotopic (exact) mass is 487 g/mol. The number of aromatic amines is 1. The predicted molar refractivity (Wildman–Crippen MR) is 134 cm³/mol. The number of methoxy groups -OCH3 is 1. The van der Waals surface area contributed by atoms with E-state index in [0.29, 0.717) is 36.4 Å². The van der Waals surface area contributed by atoms with E-state index in [1.165, 1.54) is 7.11 Å². The van der Waals surface area contributed by atoms with E-state index in [4.69, 9.17) is 19.6 Å². The quantitative estimate of drug-likeness (QED) is 0.388. The third-order valence-electron chi connectivity index (χ3n) is 5.93. The number of carbonyl (C=O) groups is 1. The van der Waals surface area contributed by atoms with Crippen molar-refractivity contribution in [1.82, 2.24) is 10.0 Å². The highest BCUT2D eigenvalue weighted by molar-refractivity contribution is 5.83. The molecule has 8 nitrogen and oxygen atoms in total. The third-order valence-corrected chi connectivity index (χ3v) is 5.93. The summed E-state index contributed by atoms with van der Waals surface area (Å²) in [5.74, 6) is 1.66. The SMILES string of the molecule is COC(=O)C(Cc1cc2ccc(C#N)cc2[nH]1)c1ccc(O[C@H]2CCN(OC(C)(C)C)C2=C=O)cc1. The van der Waals surface area contributed by atoms with Gasteiger partial charge in [-0.3, -0.25) is 9.63 Å². The molecule has 0 spiro atoms. The average Bonchev–Trinajstić information content (AvgIpc) is 3.43. The molecule has 1 fully saturated rings. The molecule has 1 unspecified atom stereocenters. The van der Waals surface area contributed by atoms with E-state index in [-0.39, 0.29) is 5.97 Å². The van der Waals surface area contributed by atoms with Crippen molar-refractivity contribution in [3.05, 3.63) is 71.0 Å². The number of aromatic nitrogens is 1. The summed E-state index contributed by atoms with van der Waals surface area (Å²) in [5, 5.41) is 11.7. The summed E-state index contributed by atoms with van der Waals surface area (Å²) in [6, 6.07) is 16.8. The van der Waals surface area contributed by atoms with Gasteiger partial charge in [0.2, 0.25) is 0 Å². The number of nitrogens with one attached hydrogen (secondary N) is 1. The van der Waals surface area contributed by atoms with Gasteiger partial charge in [0.05, 0.1) is 36.8 Å². The molecule has 1 aliphatic rings. The summed E-state index contributed by atoms with van der Waals surface area (Å²) >= 11 is 0. The van der Waals surface area contributed by atoms with Crippen molar-refractivity contribution in [2.24, 2.45) is 0 Å². The number of nitrogens with zero attached hydrogens (tertiary/aromatic N) is 2. The molecule has 0 amide bonds. The second-order valence-electron chi connectivity index (χ2n) is 9.75. The van der Waals surface area contributed by atoms with E-state index < -0.39 is 17.6 Å². The number of esters is 1. The molecular formula is C28H29N3O5. The number of carbonyl (C=O) groups excluding carboxylic acids is 2. The van der Waals surface area contributed by atoms with Crippen LogP contribution in [0.4, 0.5) is 0 Å². The van der Waals surface area contributed by atoms with Crippen molar-refractivity contribution in [1.29, 1.82) is 5.26 Å². The van der Waals surface area contributed by atoms with Crippen LogP contribution in [0, 0.1) is 11.3 Å². The number of hydrogen-bond donors (Lipinski definition) is 1. The van der Waals surface area contributed by atoms with Crippen LogP contribution in [0.15, 0.2) is 54.2 Å². The van der Waals surface area contributed by atoms with Crippen LogP contribution in [0.25, 0.3) is 10.9 Å². The average molecular weight is 488 g/mol. The van der Waals surface area contributed by atoms with Gasteiger partial charge in [0.15, 0.2) is 17.7 Å². The number of hydrogen-bond acceptors (Lipinski definition) is 7. The molecule has 1 aromatic heterocycles. The fourth-order valence-electron chi connectivity index (χ4n) is 4.32. The Morgan fingerprint density at radius 3 is 2.58 bits per heavy atom. The second kappa shape index (κ2) is 10.3. The summed E-state index contributed by atoms with van der Waals surface area (Å²) < 4.78 is 11.1. The zero-order valence-electron chi connectivity index (χ0n) is 20.8. The fraction of sp³-hybridized carbons (Fsp3) is 0.357. The van der Waals surface area contributed by atoms with Gasteiger partial charge in [0, 0.05) is 24.1 Å². The summed E-state index contributed by atoms with van der Waals surface area (Å²) in [6.07, 6.45) is 0.543. The van der Waals surface area contributed by atoms with Gasteiger partial charge in [-0.05, 0) is 62.1 Å². The van der Waals surface area contributed by atoms with Crippen LogP contribution in [0.2, 0.25) is 0 Å². The zero-order valence-corrected chi connectivity index (χ0v) is 20.8. The maximum atomic E-state index is 12.7. The molecule has 2 heterocycles. The molecule has 0 saturated carbocycles. The highest BCUT2D eigenvalue weighted by atomic mass is 16.7. The minimum Gasteiger partial charge on any atom is -0.483 e. The largest absolute Gasteiger partial charge is 0.483 e. The lowest BCUT2D eigenvalue weighted by atomic mass is 9.94. The Morgan fingerprint density at radius 2 is 1.94 bits per heavy atom. The van der Waals surface area contributed by atoms with Crippen molar-refractivity contribution in [2.75, 3.05) is 13.7 Å². The molecule has 186 valence electrons. The second-order valence-corrected chi connectivity index (χ2v) is 9.75. The van der Waals surface area contributed by atoms with Gasteiger partial charge in [-0.25, -0.2) is 9.86 Å². The van der Waals surface area contributed by atoms with E-state index in [9.17, 15) is 9.59 Å². The molecule has 0 aliphatic carbocycles. The lowest BCUT2D eigenvalue weighted by molar-refractivity contribution is -0.198. The minimum atomic E-state index is -0.528. The van der Waals surface area contributed by atoms with Gasteiger partial charge in [0.1, 0.15) is 5.75 Å². The van der Waals surface area contributed by atoms with Gasteiger partial charge in [0.25, 0.3) is 0 Å². The van der Waals surface area contributed by atoms with Crippen molar-refractivity contribution in [3.8, 4) is 11.8 Å². The van der Waals surface area contributed by atoms with E-state index in [0.717, 1.165) is 22.2 Å². The van der Waals surface area contributed by atoms with Crippen molar-refractivity contribution >= 4 is 22.8 Å². The van der Waals surface area contributed by atoms with Crippen LogP contribution >= 0.6 is 0 Å². The number of benzene rings is 2. The predicted octanol–water partition coefficient (Wildman–Crippen LogP) is 4.44. The van der Waals surface area contributed by atoms with Gasteiger partial charge < -0.3 is 14.5 Å². The Balaban J connectivity index is 1.49. The highest BCUT2D eigenvalue weighted by Gasteiger charge is 2.34. The first-order valence-electron chi connectivity index (χ1n) is 11.8. The first-order chi connectivity index (χ1) is 17.2. The molecular weight excluding hydrogens is 458 g/mol. The van der Waals surface area contributed by atoms with Crippen LogP contribution in [0.5, 0.6) is 5.75 Å². The smallest absolute Gasteiger partial charge is 0.313 e. The Kier molecular flexibility index (Phi) is 7.16. The molecule has 4 rings (SSSR count). The third kappa shape index (κ3) is 5.60. The lowest BCUT2D eigenvalue weighted by Gasteiger charge is -2.27. The Bertz CT molecular complexity index is 1340. The van der Waals surface area contributed by atoms with Gasteiger partial charge in [-0.2, -0.15) is 5.26 Å². The molecule has 0 radical (unpaired) electrons. The van der Waals surface area contributed by atoms with Crippen LogP contribution in [0.3, 0.4) is 0 Å². The molecule has 1 N–H and O–H groups in total. The number of rotatable bonds is 7. The van der Waals surface area contributed by atoms with Crippen molar-refractivity contribution < 1.29 is 23.9 Å². The topological polar surface area (TPSA) is 105 Å². The van der Waals surface area contributed by atoms with Crippen molar-refractivity contribution in [3.63, 3.8) is 0 Å². The van der Waals surface area contributed by atoms with Crippen LogP contribution < -0.4 is 4.74 Å². The first-order valence-corrected chi connectivity index (χ1v) is 11.8. The van der Waals surface area contributed by atoms with E-state index in [2.05, 4.69) is 11.1 Å². The Labute approximate surface area is 210 Å². The molecule has 2 aromatic carbocycles. The summed E-state index contributed by atoms with van der Waals surface area (Å²) in [6.45, 7) is 6.29. The summed E-state index contributed by atoms with van der Waals surface area (Å²) in [7, 11) is 1.37. The van der Waals surface area contributed by atoms with Crippen LogP contribution in [-0.2, 0) is 25.6 Å².